The molecular weight excluding hydrogens is 340 g/mol. The maximum atomic E-state index is 12.5. The molecule has 6 nitrogen and oxygen atoms in total. The predicted octanol–water partition coefficient (Wildman–Crippen LogP) is 2.75. The lowest BCUT2D eigenvalue weighted by molar-refractivity contribution is -0.126. The molecule has 0 aliphatic carbocycles. The zero-order valence-electron chi connectivity index (χ0n) is 15.3. The summed E-state index contributed by atoms with van der Waals surface area (Å²) in [5.41, 5.74) is 7.89. The highest BCUT2D eigenvalue weighted by Gasteiger charge is 2.28. The van der Waals surface area contributed by atoms with Crippen LogP contribution in [0.15, 0.2) is 60.7 Å². The number of piperidine rings is 1. The van der Waals surface area contributed by atoms with E-state index in [1.54, 1.807) is 4.90 Å². The summed E-state index contributed by atoms with van der Waals surface area (Å²) in [6.07, 6.45) is 1.59. The molecule has 1 heterocycles. The quantitative estimate of drug-likeness (QED) is 0.760. The summed E-state index contributed by atoms with van der Waals surface area (Å²) >= 11 is 0. The lowest BCUT2D eigenvalue weighted by Gasteiger charge is -2.32. The molecule has 2 aromatic rings. The smallest absolute Gasteiger partial charge is 0.321 e. The predicted molar refractivity (Wildman–Crippen MR) is 106 cm³/mol. The van der Waals surface area contributed by atoms with E-state index >= 15 is 0 Å². The number of hydrogen-bond acceptors (Lipinski definition) is 3. The number of anilines is 1. The molecule has 142 valence electrons. The molecule has 4 N–H and O–H groups in total. The summed E-state index contributed by atoms with van der Waals surface area (Å²) in [6, 6.07) is 18.6. The highest BCUT2D eigenvalue weighted by Crippen LogP contribution is 2.18. The second-order valence-corrected chi connectivity index (χ2v) is 6.84. The summed E-state index contributed by atoms with van der Waals surface area (Å²) < 4.78 is 0. The van der Waals surface area contributed by atoms with Gasteiger partial charge >= 0.3 is 6.03 Å². The van der Waals surface area contributed by atoms with Gasteiger partial charge in [0.2, 0.25) is 5.91 Å². The van der Waals surface area contributed by atoms with Crippen LogP contribution in [0.1, 0.15) is 24.4 Å². The van der Waals surface area contributed by atoms with E-state index < -0.39 is 0 Å². The highest BCUT2D eigenvalue weighted by molar-refractivity contribution is 5.90. The average molecular weight is 366 g/mol. The van der Waals surface area contributed by atoms with E-state index in [9.17, 15) is 9.59 Å². The maximum absolute atomic E-state index is 12.5. The van der Waals surface area contributed by atoms with Crippen LogP contribution in [0, 0.1) is 5.92 Å². The first kappa shape index (κ1) is 18.9. The van der Waals surface area contributed by atoms with Crippen LogP contribution in [0.3, 0.4) is 0 Å². The molecule has 1 fully saturated rings. The number of rotatable bonds is 5. The minimum Gasteiger partial charge on any atom is -0.354 e. The lowest BCUT2D eigenvalue weighted by atomic mass is 9.97. The standard InChI is InChI=1S/C21H26N4O2/c22-19(16-8-3-1-4-9-16)14-23-20(26)17-10-7-13-25(15-17)21(27)24-18-11-5-2-6-12-18/h1-6,8-9,11-12,17,19H,7,10,13-15,22H2,(H,23,26)(H,24,27). The van der Waals surface area contributed by atoms with Crippen LogP contribution in [-0.4, -0.2) is 36.5 Å². The molecule has 1 aliphatic rings. The van der Waals surface area contributed by atoms with Gasteiger partial charge in [-0.05, 0) is 30.5 Å². The first-order chi connectivity index (χ1) is 13.1. The molecule has 0 saturated carbocycles. The van der Waals surface area contributed by atoms with Gasteiger partial charge in [-0.2, -0.15) is 0 Å². The largest absolute Gasteiger partial charge is 0.354 e. The minimum absolute atomic E-state index is 0.0430. The zero-order valence-corrected chi connectivity index (χ0v) is 15.3. The van der Waals surface area contributed by atoms with Gasteiger partial charge in [0.25, 0.3) is 0 Å². The Kier molecular flexibility index (Phi) is 6.44. The molecule has 2 atom stereocenters. The van der Waals surface area contributed by atoms with Gasteiger partial charge in [0, 0.05) is 31.4 Å². The molecule has 0 aromatic heterocycles. The number of nitrogens with one attached hydrogen (secondary N) is 2. The van der Waals surface area contributed by atoms with Crippen molar-refractivity contribution in [2.24, 2.45) is 11.7 Å². The lowest BCUT2D eigenvalue weighted by Crippen LogP contribution is -2.47. The number of nitrogens with zero attached hydrogens (tertiary/aromatic N) is 1. The molecule has 1 aliphatic heterocycles. The van der Waals surface area contributed by atoms with E-state index in [2.05, 4.69) is 10.6 Å². The number of benzene rings is 2. The number of nitrogens with two attached hydrogens (primary N) is 1. The summed E-state index contributed by atoms with van der Waals surface area (Å²) in [5.74, 6) is -0.248. The van der Waals surface area contributed by atoms with Crippen LogP contribution >= 0.6 is 0 Å². The third-order valence-electron chi connectivity index (χ3n) is 4.83. The SMILES string of the molecule is NC(CNC(=O)C1CCCN(C(=O)Nc2ccccc2)C1)c1ccccc1. The zero-order chi connectivity index (χ0) is 19.1. The Labute approximate surface area is 159 Å². The molecule has 0 bridgehead atoms. The normalized spacial score (nSPS) is 17.8. The minimum atomic E-state index is -0.240. The highest BCUT2D eigenvalue weighted by atomic mass is 16.2. The molecular formula is C21H26N4O2. The van der Waals surface area contributed by atoms with E-state index in [-0.39, 0.29) is 23.9 Å². The summed E-state index contributed by atoms with van der Waals surface area (Å²) in [5, 5.41) is 5.82. The Morgan fingerprint density at radius 2 is 1.74 bits per heavy atom. The number of urea groups is 1. The van der Waals surface area contributed by atoms with Crippen molar-refractivity contribution in [3.63, 3.8) is 0 Å². The van der Waals surface area contributed by atoms with E-state index in [1.165, 1.54) is 0 Å². The summed E-state index contributed by atoms with van der Waals surface area (Å²) in [4.78, 5) is 26.7. The number of hydrogen-bond donors (Lipinski definition) is 3. The second-order valence-electron chi connectivity index (χ2n) is 6.84. The Morgan fingerprint density at radius 1 is 1.07 bits per heavy atom. The third-order valence-corrected chi connectivity index (χ3v) is 4.83. The maximum Gasteiger partial charge on any atom is 0.321 e. The second kappa shape index (κ2) is 9.19. The van der Waals surface area contributed by atoms with Crippen molar-refractivity contribution in [2.45, 2.75) is 18.9 Å². The fraction of sp³-hybridized carbons (Fsp3) is 0.333. The van der Waals surface area contributed by atoms with Gasteiger partial charge in [-0.15, -0.1) is 0 Å². The van der Waals surface area contributed by atoms with E-state index in [0.29, 0.717) is 19.6 Å². The first-order valence-corrected chi connectivity index (χ1v) is 9.32. The monoisotopic (exact) mass is 366 g/mol. The molecule has 6 heteroatoms. The number of likely N-dealkylation sites (tertiary alicyclic amines) is 1. The van der Waals surface area contributed by atoms with E-state index in [0.717, 1.165) is 24.1 Å². The van der Waals surface area contributed by atoms with Gasteiger partial charge in [0.05, 0.1) is 5.92 Å². The molecule has 3 rings (SSSR count). The molecule has 0 radical (unpaired) electrons. The summed E-state index contributed by atoms with van der Waals surface area (Å²) in [7, 11) is 0. The van der Waals surface area contributed by atoms with Crippen molar-refractivity contribution in [1.82, 2.24) is 10.2 Å². The van der Waals surface area contributed by atoms with Gasteiger partial charge in [-0.25, -0.2) is 4.79 Å². The van der Waals surface area contributed by atoms with E-state index in [4.69, 9.17) is 5.73 Å². The van der Waals surface area contributed by atoms with Crippen molar-refractivity contribution in [3.8, 4) is 0 Å². The van der Waals surface area contributed by atoms with Gasteiger partial charge in [-0.1, -0.05) is 48.5 Å². The van der Waals surface area contributed by atoms with Crippen LogP contribution in [0.25, 0.3) is 0 Å². The number of carbonyl (C=O) groups is 2. The van der Waals surface area contributed by atoms with Crippen LogP contribution < -0.4 is 16.4 Å². The third kappa shape index (κ3) is 5.31. The van der Waals surface area contributed by atoms with Crippen molar-refractivity contribution in [2.75, 3.05) is 25.0 Å². The first-order valence-electron chi connectivity index (χ1n) is 9.32. The van der Waals surface area contributed by atoms with Crippen LogP contribution in [-0.2, 0) is 4.79 Å². The number of amides is 3. The Balaban J connectivity index is 1.49. The topological polar surface area (TPSA) is 87.5 Å². The molecule has 3 amide bonds. The fourth-order valence-corrected chi connectivity index (χ4v) is 3.27. The van der Waals surface area contributed by atoms with Gasteiger partial charge in [-0.3, -0.25) is 4.79 Å². The van der Waals surface area contributed by atoms with Crippen LogP contribution in [0.5, 0.6) is 0 Å². The molecule has 27 heavy (non-hydrogen) atoms. The summed E-state index contributed by atoms with van der Waals surface area (Å²) in [6.45, 7) is 1.46. The van der Waals surface area contributed by atoms with Crippen molar-refractivity contribution in [1.29, 1.82) is 0 Å². The molecule has 1 saturated heterocycles. The van der Waals surface area contributed by atoms with Gasteiger partial charge in [0.15, 0.2) is 0 Å². The van der Waals surface area contributed by atoms with Gasteiger partial charge in [0.1, 0.15) is 0 Å². The Morgan fingerprint density at radius 3 is 2.44 bits per heavy atom. The van der Waals surface area contributed by atoms with Crippen molar-refractivity contribution in [3.05, 3.63) is 66.2 Å². The Bertz CT molecular complexity index is 751. The molecule has 2 aromatic carbocycles. The molecule has 2 unspecified atom stereocenters. The van der Waals surface area contributed by atoms with Crippen LogP contribution in [0.2, 0.25) is 0 Å². The van der Waals surface area contributed by atoms with Gasteiger partial charge < -0.3 is 21.3 Å². The van der Waals surface area contributed by atoms with Crippen LogP contribution in [0.4, 0.5) is 10.5 Å². The van der Waals surface area contributed by atoms with Crippen molar-refractivity contribution < 1.29 is 9.59 Å². The number of para-hydroxylation sites is 1. The Hall–Kier alpha value is -2.86. The fourth-order valence-electron chi connectivity index (χ4n) is 3.27. The van der Waals surface area contributed by atoms with E-state index in [1.807, 2.05) is 60.7 Å². The average Bonchev–Trinajstić information content (AvgIpc) is 2.73. The number of carbonyl (C=O) groups excluding carboxylic acids is 2. The molecule has 0 spiro atoms. The van der Waals surface area contributed by atoms with Crippen molar-refractivity contribution >= 4 is 17.6 Å².